The molecule has 0 rings (SSSR count). The van der Waals surface area contributed by atoms with Crippen molar-refractivity contribution < 1.29 is 24.2 Å². The van der Waals surface area contributed by atoms with Gasteiger partial charge in [-0.1, -0.05) is 0 Å². The topological polar surface area (TPSA) is 117 Å². The Bertz CT molecular complexity index is 295. The van der Waals surface area contributed by atoms with Crippen LogP contribution in [0, 0.1) is 0 Å². The van der Waals surface area contributed by atoms with Gasteiger partial charge in [-0.25, -0.2) is 0 Å². The van der Waals surface area contributed by atoms with E-state index in [0.29, 0.717) is 0 Å². The van der Waals surface area contributed by atoms with Crippen LogP contribution in [0.3, 0.4) is 0 Å². The molecule has 0 aromatic heterocycles. The molecule has 0 fully saturated rings. The molecule has 0 saturated heterocycles. The van der Waals surface area contributed by atoms with Crippen LogP contribution in [-0.2, 0) is 19.1 Å². The van der Waals surface area contributed by atoms with Crippen LogP contribution in [0.5, 0.6) is 0 Å². The molecule has 0 saturated carbocycles. The van der Waals surface area contributed by atoms with E-state index in [0.717, 1.165) is 0 Å². The fourth-order valence-corrected chi connectivity index (χ4v) is 1.07. The van der Waals surface area contributed by atoms with Gasteiger partial charge < -0.3 is 25.8 Å². The zero-order valence-electron chi connectivity index (χ0n) is 10.5. The molecule has 0 bridgehead atoms. The van der Waals surface area contributed by atoms with Crippen molar-refractivity contribution in [3.05, 3.63) is 0 Å². The molecule has 0 aliphatic rings. The molecule has 18 heavy (non-hydrogen) atoms. The summed E-state index contributed by atoms with van der Waals surface area (Å²) in [5.41, 5.74) is 0. The summed E-state index contributed by atoms with van der Waals surface area (Å²) in [5, 5.41) is 16.0. The highest BCUT2D eigenvalue weighted by molar-refractivity contribution is 5.87. The van der Waals surface area contributed by atoms with Crippen LogP contribution in [0.15, 0.2) is 0 Å². The maximum absolute atomic E-state index is 11.3. The van der Waals surface area contributed by atoms with Crippen molar-refractivity contribution in [2.24, 2.45) is 0 Å². The van der Waals surface area contributed by atoms with Crippen LogP contribution in [0.4, 0.5) is 0 Å². The van der Waals surface area contributed by atoms with Crippen LogP contribution in [0.25, 0.3) is 0 Å². The fourth-order valence-electron chi connectivity index (χ4n) is 1.07. The second-order valence-electron chi connectivity index (χ2n) is 3.59. The SMILES string of the molecule is COCC(CO)NC(=O)CNC(=O)CNC(C)=O. The summed E-state index contributed by atoms with van der Waals surface area (Å²) < 4.78 is 4.78. The van der Waals surface area contributed by atoms with E-state index in [4.69, 9.17) is 9.84 Å². The number of carbonyl (C=O) groups excluding carboxylic acids is 3. The average Bonchev–Trinajstić information content (AvgIpc) is 2.33. The van der Waals surface area contributed by atoms with Gasteiger partial charge in [-0.3, -0.25) is 14.4 Å². The van der Waals surface area contributed by atoms with Crippen molar-refractivity contribution in [1.29, 1.82) is 0 Å². The molecule has 0 aromatic rings. The summed E-state index contributed by atoms with van der Waals surface area (Å²) in [4.78, 5) is 33.0. The molecule has 3 amide bonds. The lowest BCUT2D eigenvalue weighted by Crippen LogP contribution is -2.46. The van der Waals surface area contributed by atoms with Crippen LogP contribution < -0.4 is 16.0 Å². The van der Waals surface area contributed by atoms with Crippen molar-refractivity contribution in [2.75, 3.05) is 33.4 Å². The number of rotatable bonds is 8. The molecule has 0 aliphatic heterocycles. The van der Waals surface area contributed by atoms with Crippen molar-refractivity contribution in [3.63, 3.8) is 0 Å². The van der Waals surface area contributed by atoms with Gasteiger partial charge in [-0.2, -0.15) is 0 Å². The Morgan fingerprint density at radius 2 is 1.78 bits per heavy atom. The quantitative estimate of drug-likeness (QED) is 0.381. The Kier molecular flexibility index (Phi) is 8.50. The first-order chi connectivity index (χ1) is 8.49. The minimum absolute atomic E-state index is 0.176. The highest BCUT2D eigenvalue weighted by atomic mass is 16.5. The van der Waals surface area contributed by atoms with Gasteiger partial charge in [0.25, 0.3) is 0 Å². The lowest BCUT2D eigenvalue weighted by Gasteiger charge is -2.15. The number of hydrogen-bond acceptors (Lipinski definition) is 5. The average molecular weight is 261 g/mol. The number of carbonyl (C=O) groups is 3. The lowest BCUT2D eigenvalue weighted by molar-refractivity contribution is -0.127. The highest BCUT2D eigenvalue weighted by Gasteiger charge is 2.11. The molecular weight excluding hydrogens is 242 g/mol. The monoisotopic (exact) mass is 261 g/mol. The van der Waals surface area contributed by atoms with Crippen LogP contribution in [-0.4, -0.2) is 62.3 Å². The number of hydrogen-bond donors (Lipinski definition) is 4. The molecule has 8 nitrogen and oxygen atoms in total. The van der Waals surface area contributed by atoms with Crippen LogP contribution in [0.2, 0.25) is 0 Å². The summed E-state index contributed by atoms with van der Waals surface area (Å²) in [6.07, 6.45) is 0. The molecule has 8 heteroatoms. The molecule has 1 unspecified atom stereocenters. The third-order valence-electron chi connectivity index (χ3n) is 1.90. The summed E-state index contributed by atoms with van der Waals surface area (Å²) >= 11 is 0. The molecule has 0 aliphatic carbocycles. The van der Waals surface area contributed by atoms with Gasteiger partial charge in [0.2, 0.25) is 17.7 Å². The molecule has 0 spiro atoms. The van der Waals surface area contributed by atoms with Gasteiger partial charge in [0, 0.05) is 14.0 Å². The van der Waals surface area contributed by atoms with Crippen LogP contribution >= 0.6 is 0 Å². The maximum atomic E-state index is 11.3. The number of aliphatic hydroxyl groups is 1. The third kappa shape index (κ3) is 8.48. The van der Waals surface area contributed by atoms with E-state index in [2.05, 4.69) is 16.0 Å². The summed E-state index contributed by atoms with van der Waals surface area (Å²) in [7, 11) is 1.45. The van der Waals surface area contributed by atoms with Gasteiger partial charge >= 0.3 is 0 Å². The Morgan fingerprint density at radius 3 is 2.28 bits per heavy atom. The molecule has 1 atom stereocenters. The van der Waals surface area contributed by atoms with E-state index in [9.17, 15) is 14.4 Å². The summed E-state index contributed by atoms with van der Waals surface area (Å²) in [6.45, 7) is 0.820. The number of aliphatic hydroxyl groups excluding tert-OH is 1. The van der Waals surface area contributed by atoms with E-state index < -0.39 is 17.9 Å². The number of amides is 3. The largest absolute Gasteiger partial charge is 0.394 e. The van der Waals surface area contributed by atoms with Crippen molar-refractivity contribution in [2.45, 2.75) is 13.0 Å². The Labute approximate surface area is 105 Å². The fraction of sp³-hybridized carbons (Fsp3) is 0.700. The van der Waals surface area contributed by atoms with E-state index >= 15 is 0 Å². The molecule has 0 heterocycles. The first-order valence-corrected chi connectivity index (χ1v) is 5.39. The van der Waals surface area contributed by atoms with Gasteiger partial charge in [-0.05, 0) is 0 Å². The predicted octanol–water partition coefficient (Wildman–Crippen LogP) is -2.64. The third-order valence-corrected chi connectivity index (χ3v) is 1.90. The highest BCUT2D eigenvalue weighted by Crippen LogP contribution is 1.83. The van der Waals surface area contributed by atoms with E-state index in [-0.39, 0.29) is 32.2 Å². The minimum Gasteiger partial charge on any atom is -0.394 e. The van der Waals surface area contributed by atoms with Gasteiger partial charge in [0.15, 0.2) is 0 Å². The van der Waals surface area contributed by atoms with E-state index in [1.54, 1.807) is 0 Å². The van der Waals surface area contributed by atoms with Crippen molar-refractivity contribution >= 4 is 17.7 Å². The smallest absolute Gasteiger partial charge is 0.239 e. The van der Waals surface area contributed by atoms with Gasteiger partial charge in [0.1, 0.15) is 0 Å². The molecule has 0 aromatic carbocycles. The molecule has 4 N–H and O–H groups in total. The second-order valence-corrected chi connectivity index (χ2v) is 3.59. The number of ether oxygens (including phenoxy) is 1. The number of nitrogens with one attached hydrogen (secondary N) is 3. The summed E-state index contributed by atoms with van der Waals surface area (Å²) in [5.74, 6) is -1.23. The Balaban J connectivity index is 3.81. The van der Waals surface area contributed by atoms with Crippen molar-refractivity contribution in [1.82, 2.24) is 16.0 Å². The lowest BCUT2D eigenvalue weighted by atomic mass is 10.3. The van der Waals surface area contributed by atoms with E-state index in [1.165, 1.54) is 14.0 Å². The first kappa shape index (κ1) is 16.3. The standard InChI is InChI=1S/C10H19N3O5/c1-7(15)11-3-9(16)12-4-10(17)13-8(5-14)6-18-2/h8,14H,3-6H2,1-2H3,(H,11,15)(H,12,16)(H,13,17). The molecule has 104 valence electrons. The maximum Gasteiger partial charge on any atom is 0.239 e. The second kappa shape index (κ2) is 9.37. The van der Waals surface area contributed by atoms with Crippen LogP contribution in [0.1, 0.15) is 6.92 Å². The first-order valence-electron chi connectivity index (χ1n) is 5.39. The van der Waals surface area contributed by atoms with Gasteiger partial charge in [-0.15, -0.1) is 0 Å². The molecule has 0 radical (unpaired) electrons. The normalized spacial score (nSPS) is 11.5. The zero-order chi connectivity index (χ0) is 14.0. The molecular formula is C10H19N3O5. The van der Waals surface area contributed by atoms with Crippen molar-refractivity contribution in [3.8, 4) is 0 Å². The van der Waals surface area contributed by atoms with E-state index in [1.807, 2.05) is 0 Å². The minimum atomic E-state index is -0.505. The number of methoxy groups -OCH3 is 1. The zero-order valence-corrected chi connectivity index (χ0v) is 10.5. The predicted molar refractivity (Wildman–Crippen MR) is 62.6 cm³/mol. The summed E-state index contributed by atoms with van der Waals surface area (Å²) in [6, 6.07) is -0.505. The Morgan fingerprint density at radius 1 is 1.17 bits per heavy atom. The van der Waals surface area contributed by atoms with Gasteiger partial charge in [0.05, 0.1) is 32.3 Å². The Hall–Kier alpha value is -1.67.